The minimum atomic E-state index is 0.0181. The van der Waals surface area contributed by atoms with Crippen LogP contribution in [0.1, 0.15) is 11.1 Å². The summed E-state index contributed by atoms with van der Waals surface area (Å²) in [7, 11) is 1.68. The number of hydrogen-bond donors (Lipinski definition) is 2. The van der Waals surface area contributed by atoms with Crippen LogP contribution in [0.5, 0.6) is 5.75 Å². The molecule has 1 fully saturated rings. The zero-order valence-corrected chi connectivity index (χ0v) is 14.6. The van der Waals surface area contributed by atoms with Gasteiger partial charge in [-0.05, 0) is 29.7 Å². The molecule has 1 aliphatic rings. The molecule has 0 saturated carbocycles. The molecule has 7 nitrogen and oxygen atoms in total. The minimum Gasteiger partial charge on any atom is -0.497 e. The number of nitrogens with zero attached hydrogens (tertiary/aromatic N) is 3. The second-order valence-corrected chi connectivity index (χ2v) is 6.20. The number of ether oxygens (including phenoxy) is 1. The number of H-pyrrole nitrogens is 1. The molecule has 2 N–H and O–H groups in total. The molecular weight excluding hydrogens is 318 g/mol. The van der Waals surface area contributed by atoms with Gasteiger partial charge in [0.05, 0.1) is 13.3 Å². The van der Waals surface area contributed by atoms with Crippen molar-refractivity contribution in [1.82, 2.24) is 25.3 Å². The first-order chi connectivity index (χ1) is 12.2. The first-order valence-electron chi connectivity index (χ1n) is 8.60. The van der Waals surface area contributed by atoms with Gasteiger partial charge in [-0.3, -0.25) is 10.00 Å². The molecule has 3 rings (SSSR count). The van der Waals surface area contributed by atoms with E-state index in [2.05, 4.69) is 32.5 Å². The third-order valence-corrected chi connectivity index (χ3v) is 4.44. The number of rotatable bonds is 6. The number of carbonyl (C=O) groups is 1. The molecule has 0 aliphatic carbocycles. The molecule has 1 aromatic carbocycles. The Morgan fingerprint density at radius 1 is 1.28 bits per heavy atom. The Bertz CT molecular complexity index is 666. The lowest BCUT2D eigenvalue weighted by molar-refractivity contribution is 0.135. The monoisotopic (exact) mass is 343 g/mol. The van der Waals surface area contributed by atoms with Gasteiger partial charge in [-0.1, -0.05) is 12.1 Å². The van der Waals surface area contributed by atoms with Crippen LogP contribution in [0.4, 0.5) is 4.79 Å². The van der Waals surface area contributed by atoms with Gasteiger partial charge in [-0.2, -0.15) is 5.10 Å². The van der Waals surface area contributed by atoms with Crippen molar-refractivity contribution in [3.63, 3.8) is 0 Å². The number of aromatic amines is 1. The molecule has 25 heavy (non-hydrogen) atoms. The summed E-state index contributed by atoms with van der Waals surface area (Å²) >= 11 is 0. The lowest BCUT2D eigenvalue weighted by Crippen LogP contribution is -2.51. The normalized spacial score (nSPS) is 15.2. The smallest absolute Gasteiger partial charge is 0.317 e. The molecule has 134 valence electrons. The predicted octanol–water partition coefficient (Wildman–Crippen LogP) is 1.49. The molecule has 2 heterocycles. The van der Waals surface area contributed by atoms with Crippen LogP contribution in [-0.4, -0.2) is 65.9 Å². The Hall–Kier alpha value is -2.54. The Morgan fingerprint density at radius 3 is 2.84 bits per heavy atom. The van der Waals surface area contributed by atoms with Gasteiger partial charge < -0.3 is 15.0 Å². The minimum absolute atomic E-state index is 0.0181. The van der Waals surface area contributed by atoms with Crippen molar-refractivity contribution in [3.05, 3.63) is 47.8 Å². The highest BCUT2D eigenvalue weighted by atomic mass is 16.5. The molecule has 0 unspecified atom stereocenters. The lowest BCUT2D eigenvalue weighted by atomic mass is 10.2. The number of carbonyl (C=O) groups excluding carboxylic acids is 1. The molecule has 2 amide bonds. The summed E-state index contributed by atoms with van der Waals surface area (Å²) in [4.78, 5) is 16.5. The Labute approximate surface area is 148 Å². The van der Waals surface area contributed by atoms with E-state index in [4.69, 9.17) is 4.74 Å². The van der Waals surface area contributed by atoms with Crippen molar-refractivity contribution >= 4 is 6.03 Å². The molecule has 1 aliphatic heterocycles. The summed E-state index contributed by atoms with van der Waals surface area (Å²) in [5, 5.41) is 9.66. The van der Waals surface area contributed by atoms with Gasteiger partial charge >= 0.3 is 6.03 Å². The number of methoxy groups -OCH3 is 1. The molecule has 2 aromatic rings. The van der Waals surface area contributed by atoms with Crippen molar-refractivity contribution in [1.29, 1.82) is 0 Å². The standard InChI is InChI=1S/C18H25N5O2/c1-25-17-4-2-3-15(11-17)14-22-7-9-23(10-8-22)18(24)19-6-5-16-12-20-21-13-16/h2-4,11-13H,5-10,14H2,1H3,(H,19,24)(H,20,21). The summed E-state index contributed by atoms with van der Waals surface area (Å²) in [6, 6.07) is 8.16. The fourth-order valence-electron chi connectivity index (χ4n) is 2.98. The maximum Gasteiger partial charge on any atom is 0.317 e. The van der Waals surface area contributed by atoms with Crippen LogP contribution >= 0.6 is 0 Å². The number of amides is 2. The molecule has 0 radical (unpaired) electrons. The summed E-state index contributed by atoms with van der Waals surface area (Å²) in [5.74, 6) is 0.883. The molecule has 0 atom stereocenters. The van der Waals surface area contributed by atoms with Crippen LogP contribution in [0.25, 0.3) is 0 Å². The van der Waals surface area contributed by atoms with Gasteiger partial charge in [0.2, 0.25) is 0 Å². The van der Waals surface area contributed by atoms with Crippen LogP contribution in [0.3, 0.4) is 0 Å². The van der Waals surface area contributed by atoms with Crippen LogP contribution in [0.15, 0.2) is 36.7 Å². The molecule has 0 bridgehead atoms. The van der Waals surface area contributed by atoms with E-state index >= 15 is 0 Å². The second kappa shape index (κ2) is 8.53. The molecule has 1 saturated heterocycles. The van der Waals surface area contributed by atoms with E-state index in [1.807, 2.05) is 23.2 Å². The van der Waals surface area contributed by atoms with Crippen molar-refractivity contribution in [2.24, 2.45) is 0 Å². The summed E-state index contributed by atoms with van der Waals surface area (Å²) in [6.45, 7) is 4.78. The highest BCUT2D eigenvalue weighted by Gasteiger charge is 2.20. The fraction of sp³-hybridized carbons (Fsp3) is 0.444. The number of benzene rings is 1. The first kappa shape index (κ1) is 17.3. The van der Waals surface area contributed by atoms with E-state index in [-0.39, 0.29) is 6.03 Å². The highest BCUT2D eigenvalue weighted by Crippen LogP contribution is 2.15. The third-order valence-electron chi connectivity index (χ3n) is 4.44. The maximum atomic E-state index is 12.2. The Balaban J connectivity index is 1.39. The maximum absolute atomic E-state index is 12.2. The number of urea groups is 1. The molecule has 7 heteroatoms. The van der Waals surface area contributed by atoms with Gasteiger partial charge in [0, 0.05) is 45.5 Å². The Kier molecular flexibility index (Phi) is 5.90. The fourth-order valence-corrected chi connectivity index (χ4v) is 2.98. The summed E-state index contributed by atoms with van der Waals surface area (Å²) in [6.07, 6.45) is 4.42. The summed E-state index contributed by atoms with van der Waals surface area (Å²) in [5.41, 5.74) is 2.33. The number of aromatic nitrogens is 2. The zero-order valence-electron chi connectivity index (χ0n) is 14.6. The topological polar surface area (TPSA) is 73.5 Å². The van der Waals surface area contributed by atoms with E-state index < -0.39 is 0 Å². The van der Waals surface area contributed by atoms with Gasteiger partial charge in [-0.25, -0.2) is 4.79 Å². The summed E-state index contributed by atoms with van der Waals surface area (Å²) < 4.78 is 5.27. The quantitative estimate of drug-likeness (QED) is 0.833. The van der Waals surface area contributed by atoms with Gasteiger partial charge in [0.1, 0.15) is 5.75 Å². The van der Waals surface area contributed by atoms with E-state index in [0.29, 0.717) is 6.54 Å². The van der Waals surface area contributed by atoms with Crippen molar-refractivity contribution in [2.75, 3.05) is 39.8 Å². The molecule has 0 spiro atoms. The Morgan fingerprint density at radius 2 is 2.12 bits per heavy atom. The van der Waals surface area contributed by atoms with Crippen LogP contribution in [-0.2, 0) is 13.0 Å². The average molecular weight is 343 g/mol. The van der Waals surface area contributed by atoms with E-state index in [9.17, 15) is 4.79 Å². The average Bonchev–Trinajstić information content (AvgIpc) is 3.16. The van der Waals surface area contributed by atoms with Gasteiger partial charge in [-0.15, -0.1) is 0 Å². The number of hydrogen-bond acceptors (Lipinski definition) is 4. The van der Waals surface area contributed by atoms with E-state index in [1.54, 1.807) is 13.3 Å². The van der Waals surface area contributed by atoms with Crippen molar-refractivity contribution in [2.45, 2.75) is 13.0 Å². The van der Waals surface area contributed by atoms with Crippen LogP contribution < -0.4 is 10.1 Å². The van der Waals surface area contributed by atoms with Gasteiger partial charge in [0.25, 0.3) is 0 Å². The van der Waals surface area contributed by atoms with Gasteiger partial charge in [0.15, 0.2) is 0 Å². The second-order valence-electron chi connectivity index (χ2n) is 6.20. The zero-order chi connectivity index (χ0) is 17.5. The largest absolute Gasteiger partial charge is 0.497 e. The third kappa shape index (κ3) is 4.96. The lowest BCUT2D eigenvalue weighted by Gasteiger charge is -2.34. The predicted molar refractivity (Wildman–Crippen MR) is 95.5 cm³/mol. The van der Waals surface area contributed by atoms with Crippen molar-refractivity contribution < 1.29 is 9.53 Å². The SMILES string of the molecule is COc1cccc(CN2CCN(C(=O)NCCc3cn[nH]c3)CC2)c1. The van der Waals surface area contributed by atoms with E-state index in [0.717, 1.165) is 50.5 Å². The number of nitrogens with one attached hydrogen (secondary N) is 2. The number of piperazine rings is 1. The highest BCUT2D eigenvalue weighted by molar-refractivity contribution is 5.74. The first-order valence-corrected chi connectivity index (χ1v) is 8.60. The van der Waals surface area contributed by atoms with Crippen LogP contribution in [0.2, 0.25) is 0 Å². The van der Waals surface area contributed by atoms with Crippen LogP contribution in [0, 0.1) is 0 Å². The van der Waals surface area contributed by atoms with E-state index in [1.165, 1.54) is 5.56 Å². The van der Waals surface area contributed by atoms with Crippen molar-refractivity contribution in [3.8, 4) is 5.75 Å². The molecular formula is C18H25N5O2. The molecule has 1 aromatic heterocycles.